The van der Waals surface area contributed by atoms with E-state index >= 15 is 0 Å². The number of ether oxygens (including phenoxy) is 1. The van der Waals surface area contributed by atoms with E-state index in [2.05, 4.69) is 16.0 Å². The number of amides is 3. The monoisotopic (exact) mass is 357 g/mol. The molecule has 3 N–H and O–H groups in total. The Morgan fingerprint density at radius 2 is 1.96 bits per heavy atom. The summed E-state index contributed by atoms with van der Waals surface area (Å²) in [6, 6.07) is 10.5. The maximum absolute atomic E-state index is 12.9. The van der Waals surface area contributed by atoms with Crippen LogP contribution in [-0.4, -0.2) is 18.5 Å². The molecule has 6 nitrogen and oxygen atoms in total. The zero-order chi connectivity index (χ0) is 18.7. The summed E-state index contributed by atoms with van der Waals surface area (Å²) in [6.07, 6.45) is 0. The van der Waals surface area contributed by atoms with Gasteiger partial charge in [-0.05, 0) is 49.7 Å². The average molecular weight is 357 g/mol. The Morgan fingerprint density at radius 1 is 1.23 bits per heavy atom. The minimum atomic E-state index is -0.640. The third-order valence-corrected chi connectivity index (χ3v) is 4.06. The topological polar surface area (TPSA) is 79.5 Å². The molecule has 3 amide bonds. The quantitative estimate of drug-likeness (QED) is 0.786. The lowest BCUT2D eigenvalue weighted by atomic mass is 9.94. The van der Waals surface area contributed by atoms with Crippen LogP contribution in [0.2, 0.25) is 0 Å². The van der Waals surface area contributed by atoms with E-state index in [1.807, 2.05) is 0 Å². The van der Waals surface area contributed by atoms with Crippen LogP contribution < -0.4 is 20.7 Å². The van der Waals surface area contributed by atoms with Crippen LogP contribution in [0.5, 0.6) is 5.75 Å². The van der Waals surface area contributed by atoms with Gasteiger partial charge in [-0.3, -0.25) is 4.79 Å². The molecule has 0 aliphatic carbocycles. The first kappa shape index (κ1) is 17.7. The summed E-state index contributed by atoms with van der Waals surface area (Å²) in [5.41, 5.74) is 1.17. The molecule has 136 valence electrons. The van der Waals surface area contributed by atoms with Crippen LogP contribution in [0, 0.1) is 11.2 Å². The van der Waals surface area contributed by atoms with Crippen LogP contribution in [-0.2, 0) is 11.3 Å². The molecule has 0 radical (unpaired) electrons. The number of nitrogens with one attached hydrogen (secondary N) is 3. The molecule has 3 rings (SSSR count). The lowest BCUT2D eigenvalue weighted by molar-refractivity contribution is -0.124. The third-order valence-electron chi connectivity index (χ3n) is 4.06. The molecule has 2 aromatic rings. The van der Waals surface area contributed by atoms with Gasteiger partial charge in [0.1, 0.15) is 18.2 Å². The van der Waals surface area contributed by atoms with Gasteiger partial charge in [-0.2, -0.15) is 0 Å². The number of halogens is 1. The first-order valence-electron chi connectivity index (χ1n) is 8.21. The highest BCUT2D eigenvalue weighted by Crippen LogP contribution is 2.34. The van der Waals surface area contributed by atoms with Crippen molar-refractivity contribution >= 4 is 23.3 Å². The van der Waals surface area contributed by atoms with Gasteiger partial charge in [-0.1, -0.05) is 12.1 Å². The molecule has 7 heteroatoms. The number of anilines is 2. The number of urea groups is 1. The van der Waals surface area contributed by atoms with Crippen molar-refractivity contribution in [3.63, 3.8) is 0 Å². The van der Waals surface area contributed by atoms with Crippen LogP contribution in [0.4, 0.5) is 20.6 Å². The fourth-order valence-electron chi connectivity index (χ4n) is 2.41. The SMILES string of the molecule is CC1(C)COc2ccc(NC(=O)NCc3ccc(F)cc3)cc2NC1=O. The van der Waals surface area contributed by atoms with E-state index < -0.39 is 11.4 Å². The maximum atomic E-state index is 12.9. The molecule has 0 saturated heterocycles. The van der Waals surface area contributed by atoms with Gasteiger partial charge < -0.3 is 20.7 Å². The predicted molar refractivity (Wildman–Crippen MR) is 96.6 cm³/mol. The van der Waals surface area contributed by atoms with Crippen molar-refractivity contribution in [2.75, 3.05) is 17.2 Å². The molecule has 0 fully saturated rings. The standard InChI is InChI=1S/C19H20FN3O3/c1-19(2)11-26-16-8-7-14(9-15(16)23-17(19)24)22-18(25)21-10-12-3-5-13(20)6-4-12/h3-9H,10-11H2,1-2H3,(H,23,24)(H2,21,22,25). The van der Waals surface area contributed by atoms with Crippen LogP contribution in [0.1, 0.15) is 19.4 Å². The van der Waals surface area contributed by atoms with Crippen molar-refractivity contribution in [3.8, 4) is 5.75 Å². The number of hydrogen-bond acceptors (Lipinski definition) is 3. The molecular weight excluding hydrogens is 337 g/mol. The van der Waals surface area contributed by atoms with Gasteiger partial charge in [0.25, 0.3) is 0 Å². The summed E-state index contributed by atoms with van der Waals surface area (Å²) in [6.45, 7) is 4.15. The first-order valence-corrected chi connectivity index (χ1v) is 8.21. The summed E-state index contributed by atoms with van der Waals surface area (Å²) in [7, 11) is 0. The molecule has 1 aliphatic heterocycles. The molecule has 0 saturated carbocycles. The van der Waals surface area contributed by atoms with Crippen molar-refractivity contribution in [2.45, 2.75) is 20.4 Å². The first-order chi connectivity index (χ1) is 12.3. The fraction of sp³-hybridized carbons (Fsp3) is 0.263. The molecule has 0 spiro atoms. The Morgan fingerprint density at radius 3 is 2.69 bits per heavy atom. The van der Waals surface area contributed by atoms with Crippen molar-refractivity contribution in [1.82, 2.24) is 5.32 Å². The number of benzene rings is 2. The van der Waals surface area contributed by atoms with E-state index in [-0.39, 0.29) is 24.9 Å². The summed E-state index contributed by atoms with van der Waals surface area (Å²) in [4.78, 5) is 24.2. The minimum absolute atomic E-state index is 0.144. The number of rotatable bonds is 3. The minimum Gasteiger partial charge on any atom is -0.490 e. The van der Waals surface area contributed by atoms with Gasteiger partial charge in [0, 0.05) is 12.2 Å². The smallest absolute Gasteiger partial charge is 0.319 e. The van der Waals surface area contributed by atoms with Crippen LogP contribution >= 0.6 is 0 Å². The molecule has 0 bridgehead atoms. The van der Waals surface area contributed by atoms with Crippen molar-refractivity contribution < 1.29 is 18.7 Å². The Kier molecular flexibility index (Phi) is 4.79. The van der Waals surface area contributed by atoms with Crippen LogP contribution in [0.25, 0.3) is 0 Å². The molecular formula is C19H20FN3O3. The normalized spacial score (nSPS) is 15.1. The van der Waals surface area contributed by atoms with E-state index in [0.29, 0.717) is 17.1 Å². The molecule has 2 aromatic carbocycles. The highest BCUT2D eigenvalue weighted by Gasteiger charge is 2.32. The lowest BCUT2D eigenvalue weighted by Gasteiger charge is -2.18. The van der Waals surface area contributed by atoms with Gasteiger partial charge >= 0.3 is 6.03 Å². The molecule has 1 heterocycles. The third kappa shape index (κ3) is 4.11. The highest BCUT2D eigenvalue weighted by atomic mass is 19.1. The Hall–Kier alpha value is -3.09. The molecule has 1 aliphatic rings. The number of carbonyl (C=O) groups is 2. The second-order valence-electron chi connectivity index (χ2n) is 6.77. The summed E-state index contributed by atoms with van der Waals surface area (Å²) >= 11 is 0. The Labute approximate surface area is 150 Å². The summed E-state index contributed by atoms with van der Waals surface area (Å²) in [5, 5.41) is 8.21. The number of hydrogen-bond donors (Lipinski definition) is 3. The summed E-state index contributed by atoms with van der Waals surface area (Å²) < 4.78 is 18.5. The second kappa shape index (κ2) is 7.03. The van der Waals surface area contributed by atoms with E-state index in [9.17, 15) is 14.0 Å². The second-order valence-corrected chi connectivity index (χ2v) is 6.77. The lowest BCUT2D eigenvalue weighted by Crippen LogP contribution is -2.33. The highest BCUT2D eigenvalue weighted by molar-refractivity contribution is 5.98. The van der Waals surface area contributed by atoms with Crippen molar-refractivity contribution in [1.29, 1.82) is 0 Å². The number of carbonyl (C=O) groups excluding carboxylic acids is 2. The van der Waals surface area contributed by atoms with Crippen LogP contribution in [0.15, 0.2) is 42.5 Å². The average Bonchev–Trinajstić information content (AvgIpc) is 2.71. The van der Waals surface area contributed by atoms with Gasteiger partial charge in [-0.15, -0.1) is 0 Å². The Balaban J connectivity index is 1.63. The zero-order valence-corrected chi connectivity index (χ0v) is 14.6. The Bertz CT molecular complexity index is 834. The summed E-state index contributed by atoms with van der Waals surface area (Å²) in [5.74, 6) is 0.0889. The van der Waals surface area contributed by atoms with Gasteiger partial charge in [0.15, 0.2) is 0 Å². The van der Waals surface area contributed by atoms with Crippen molar-refractivity contribution in [3.05, 3.63) is 53.8 Å². The fourth-order valence-corrected chi connectivity index (χ4v) is 2.41. The van der Waals surface area contributed by atoms with Crippen molar-refractivity contribution in [2.24, 2.45) is 5.41 Å². The molecule has 26 heavy (non-hydrogen) atoms. The van der Waals surface area contributed by atoms with E-state index in [0.717, 1.165) is 5.56 Å². The van der Waals surface area contributed by atoms with Crippen LogP contribution in [0.3, 0.4) is 0 Å². The van der Waals surface area contributed by atoms with E-state index in [1.54, 1.807) is 44.2 Å². The zero-order valence-electron chi connectivity index (χ0n) is 14.6. The number of fused-ring (bicyclic) bond motifs is 1. The van der Waals surface area contributed by atoms with Gasteiger partial charge in [-0.25, -0.2) is 9.18 Å². The maximum Gasteiger partial charge on any atom is 0.319 e. The largest absolute Gasteiger partial charge is 0.490 e. The van der Waals surface area contributed by atoms with Gasteiger partial charge in [0.05, 0.1) is 11.1 Å². The van der Waals surface area contributed by atoms with E-state index in [1.165, 1.54) is 12.1 Å². The molecule has 0 atom stereocenters. The van der Waals surface area contributed by atoms with E-state index in [4.69, 9.17) is 4.74 Å². The van der Waals surface area contributed by atoms with Gasteiger partial charge in [0.2, 0.25) is 5.91 Å². The molecule has 0 unspecified atom stereocenters. The molecule has 0 aromatic heterocycles. The predicted octanol–water partition coefficient (Wildman–Crippen LogP) is 3.50.